The molecule has 0 aliphatic heterocycles. The summed E-state index contributed by atoms with van der Waals surface area (Å²) in [4.78, 5) is 41.6. The van der Waals surface area contributed by atoms with Crippen LogP contribution in [0, 0.1) is 11.8 Å². The molecule has 0 rings (SSSR count). The van der Waals surface area contributed by atoms with Gasteiger partial charge in [-0.2, -0.15) is 0 Å². The third-order valence-corrected chi connectivity index (χ3v) is 4.56. The van der Waals surface area contributed by atoms with E-state index in [0.717, 1.165) is 64.2 Å². The Morgan fingerprint density at radius 1 is 0.618 bits per heavy atom. The molecule has 0 aromatic heterocycles. The number of hydrogen-bond donors (Lipinski definition) is 0. The maximum absolute atomic E-state index is 10.5. The number of carbonyl (C=O) groups is 4. The second-order valence-corrected chi connectivity index (χ2v) is 7.56. The van der Waals surface area contributed by atoms with Crippen molar-refractivity contribution >= 4 is 41.2 Å². The zero-order valence-electron chi connectivity index (χ0n) is 20.8. The molecule has 0 aromatic carbocycles. The Bertz CT molecular complexity index is 556. The smallest absolute Gasteiger partial charge is 0.550 e. The molecule has 0 bridgehead atoms. The maximum atomic E-state index is 10.5. The average Bonchev–Trinajstić information content (AvgIpc) is 2.71. The summed E-state index contributed by atoms with van der Waals surface area (Å²) in [5.41, 5.74) is 0. The summed E-state index contributed by atoms with van der Waals surface area (Å²) in [7, 11) is 0. The number of aliphatic carboxylic acids is 4. The number of hydrogen-bond acceptors (Lipinski definition) is 8. The molecule has 0 radical (unpaired) electrons. The molecular weight excluding hydrogens is 466 g/mol. The van der Waals surface area contributed by atoms with Crippen molar-refractivity contribution in [3.63, 3.8) is 0 Å². The van der Waals surface area contributed by atoms with E-state index in [0.29, 0.717) is 0 Å². The van der Waals surface area contributed by atoms with Crippen molar-refractivity contribution in [3.05, 3.63) is 24.3 Å². The second kappa shape index (κ2) is 28.1. The van der Waals surface area contributed by atoms with Gasteiger partial charge in [-0.1, -0.05) is 76.7 Å². The van der Waals surface area contributed by atoms with E-state index in [1.807, 2.05) is 0 Å². The largest absolute Gasteiger partial charge is 3.00 e. The Hall–Kier alpha value is -1.11. The van der Waals surface area contributed by atoms with Gasteiger partial charge in [-0.3, -0.25) is 0 Å². The number of rotatable bonds is 18. The fraction of sp³-hybridized carbons (Fsp3) is 0.667. The number of allylic oxidation sites excluding steroid dienone is 2. The first-order valence-electron chi connectivity index (χ1n) is 11.3. The van der Waals surface area contributed by atoms with Crippen LogP contribution in [0.1, 0.15) is 90.9 Å². The van der Waals surface area contributed by atoms with Crippen molar-refractivity contribution in [2.24, 2.45) is 11.8 Å². The van der Waals surface area contributed by atoms with E-state index >= 15 is 0 Å². The minimum Gasteiger partial charge on any atom is -0.550 e. The topological polar surface area (TPSA) is 161 Å². The SMILES string of the molecule is CCCCCCC=CC(CC(=O)[O-])C(=O)[O-].CCCCCCC=CC(CC(=O)[O-])C(=O)[O-].[Al+3].[Na+]. The normalized spacial score (nSPS) is 12.1. The number of carboxylic acids is 4. The fourth-order valence-corrected chi connectivity index (χ4v) is 2.72. The van der Waals surface area contributed by atoms with Gasteiger partial charge in [0.05, 0.1) is 0 Å². The number of unbranched alkanes of at least 4 members (excludes halogenated alkanes) is 8. The van der Waals surface area contributed by atoms with E-state index in [-0.39, 0.29) is 46.9 Å². The summed E-state index contributed by atoms with van der Waals surface area (Å²) in [6.07, 6.45) is 15.5. The molecule has 0 N–H and O–H groups in total. The molecule has 184 valence electrons. The second-order valence-electron chi connectivity index (χ2n) is 7.56. The van der Waals surface area contributed by atoms with E-state index in [9.17, 15) is 39.6 Å². The molecular formula is C24H36AlNaO8. The van der Waals surface area contributed by atoms with Gasteiger partial charge < -0.3 is 39.6 Å². The van der Waals surface area contributed by atoms with Crippen molar-refractivity contribution < 1.29 is 69.2 Å². The van der Waals surface area contributed by atoms with Gasteiger partial charge >= 0.3 is 46.9 Å². The molecule has 0 heterocycles. The molecule has 10 heteroatoms. The van der Waals surface area contributed by atoms with Crippen LogP contribution in [0.5, 0.6) is 0 Å². The Labute approximate surface area is 236 Å². The van der Waals surface area contributed by atoms with E-state index in [4.69, 9.17) is 0 Å². The van der Waals surface area contributed by atoms with Gasteiger partial charge in [0.2, 0.25) is 0 Å². The van der Waals surface area contributed by atoms with Gasteiger partial charge in [0.15, 0.2) is 0 Å². The minimum atomic E-state index is -1.37. The third kappa shape index (κ3) is 28.9. The fourth-order valence-electron chi connectivity index (χ4n) is 2.72. The predicted octanol–water partition coefficient (Wildman–Crippen LogP) is -3.34. The Morgan fingerprint density at radius 2 is 0.941 bits per heavy atom. The van der Waals surface area contributed by atoms with Crippen molar-refractivity contribution in [1.29, 1.82) is 0 Å². The quantitative estimate of drug-likeness (QED) is 0.107. The van der Waals surface area contributed by atoms with Gasteiger partial charge in [-0.05, 0) is 38.5 Å². The molecule has 0 amide bonds. The first-order valence-corrected chi connectivity index (χ1v) is 11.3. The zero-order valence-corrected chi connectivity index (χ0v) is 23.9. The summed E-state index contributed by atoms with van der Waals surface area (Å²) >= 11 is 0. The molecule has 0 aromatic rings. The minimum absolute atomic E-state index is 0. The van der Waals surface area contributed by atoms with E-state index < -0.39 is 48.6 Å². The predicted molar refractivity (Wildman–Crippen MR) is 118 cm³/mol. The van der Waals surface area contributed by atoms with Crippen molar-refractivity contribution in [2.45, 2.75) is 90.9 Å². The zero-order chi connectivity index (χ0) is 24.8. The molecule has 0 saturated heterocycles. The molecule has 0 fully saturated rings. The van der Waals surface area contributed by atoms with Gasteiger partial charge in [0.25, 0.3) is 0 Å². The Morgan fingerprint density at radius 3 is 1.18 bits per heavy atom. The van der Waals surface area contributed by atoms with Gasteiger partial charge in [0.1, 0.15) is 0 Å². The standard InChI is InChI=1S/2C12H20O4.Al.Na/c2*1-2-3-4-5-6-7-8-10(12(15)16)9-11(13)14;;/h2*7-8,10H,2-6,9H2,1H3,(H,13,14)(H,15,16);;/q;;+3;+1/p-4. The summed E-state index contributed by atoms with van der Waals surface area (Å²) in [5, 5.41) is 41.6. The van der Waals surface area contributed by atoms with Crippen LogP contribution in [0.3, 0.4) is 0 Å². The molecule has 0 saturated carbocycles. The van der Waals surface area contributed by atoms with Crippen LogP contribution in [-0.2, 0) is 19.2 Å². The molecule has 0 aliphatic carbocycles. The van der Waals surface area contributed by atoms with Crippen LogP contribution in [0.15, 0.2) is 24.3 Å². The summed E-state index contributed by atoms with van der Waals surface area (Å²) in [6, 6.07) is 0. The van der Waals surface area contributed by atoms with Crippen molar-refractivity contribution in [1.82, 2.24) is 0 Å². The van der Waals surface area contributed by atoms with Crippen molar-refractivity contribution in [3.8, 4) is 0 Å². The number of carbonyl (C=O) groups excluding carboxylic acids is 4. The van der Waals surface area contributed by atoms with E-state index in [1.165, 1.54) is 12.2 Å². The molecule has 0 aliphatic rings. The monoisotopic (exact) mass is 502 g/mol. The van der Waals surface area contributed by atoms with Crippen LogP contribution >= 0.6 is 0 Å². The van der Waals surface area contributed by atoms with Crippen LogP contribution in [0.2, 0.25) is 0 Å². The molecule has 2 unspecified atom stereocenters. The average molecular weight is 503 g/mol. The van der Waals surface area contributed by atoms with Crippen LogP contribution < -0.4 is 50.0 Å². The van der Waals surface area contributed by atoms with Crippen LogP contribution in [0.25, 0.3) is 0 Å². The van der Waals surface area contributed by atoms with Gasteiger partial charge in [-0.15, -0.1) is 0 Å². The number of carboxylic acid groups (broad SMARTS) is 4. The molecule has 2 atom stereocenters. The molecule has 34 heavy (non-hydrogen) atoms. The molecule has 0 spiro atoms. The van der Waals surface area contributed by atoms with Crippen LogP contribution in [-0.4, -0.2) is 41.2 Å². The third-order valence-electron chi connectivity index (χ3n) is 4.56. The Kier molecular flexibility index (Phi) is 33.2. The van der Waals surface area contributed by atoms with E-state index in [1.54, 1.807) is 12.2 Å². The summed E-state index contributed by atoms with van der Waals surface area (Å²) in [5.74, 6) is -7.62. The molecule has 8 nitrogen and oxygen atoms in total. The summed E-state index contributed by atoms with van der Waals surface area (Å²) in [6.45, 7) is 4.23. The van der Waals surface area contributed by atoms with Gasteiger partial charge in [-0.25, -0.2) is 0 Å². The Balaban J connectivity index is -0.000000250. The first kappa shape index (κ1) is 40.1. The van der Waals surface area contributed by atoms with Gasteiger partial charge in [0, 0.05) is 35.7 Å². The van der Waals surface area contributed by atoms with E-state index in [2.05, 4.69) is 13.8 Å². The maximum Gasteiger partial charge on any atom is 3.00 e. The van der Waals surface area contributed by atoms with Crippen LogP contribution in [0.4, 0.5) is 0 Å². The van der Waals surface area contributed by atoms with Crippen molar-refractivity contribution in [2.75, 3.05) is 0 Å². The first-order chi connectivity index (χ1) is 15.1. The summed E-state index contributed by atoms with van der Waals surface area (Å²) < 4.78 is 0.